The summed E-state index contributed by atoms with van der Waals surface area (Å²) in [6.07, 6.45) is 1.62. The predicted octanol–water partition coefficient (Wildman–Crippen LogP) is 5.22. The summed E-state index contributed by atoms with van der Waals surface area (Å²) < 4.78 is 48.9. The maximum Gasteiger partial charge on any atom is 0.410 e. The van der Waals surface area contributed by atoms with Crippen LogP contribution in [0.1, 0.15) is 44.0 Å². The normalized spacial score (nSPS) is 14.5. The van der Waals surface area contributed by atoms with E-state index in [9.17, 15) is 22.9 Å². The van der Waals surface area contributed by atoms with Crippen LogP contribution in [0.15, 0.2) is 53.4 Å². The fraction of sp³-hybridized carbons (Fsp3) is 0.308. The lowest BCUT2D eigenvalue weighted by Gasteiger charge is -2.29. The predicted molar refractivity (Wildman–Crippen MR) is 131 cm³/mol. The second kappa shape index (κ2) is 8.86. The zero-order chi connectivity index (χ0) is 25.5. The van der Waals surface area contributed by atoms with Gasteiger partial charge < -0.3 is 9.64 Å². The molecule has 0 fully saturated rings. The van der Waals surface area contributed by atoms with Gasteiger partial charge in [-0.3, -0.25) is 0 Å². The lowest BCUT2D eigenvalue weighted by atomic mass is 10.0. The van der Waals surface area contributed by atoms with Gasteiger partial charge in [0.25, 0.3) is 10.0 Å². The minimum atomic E-state index is -4.17. The molecule has 3 aromatic rings. The molecule has 2 heterocycles. The Kier molecular flexibility index (Phi) is 6.20. The second-order valence-corrected chi connectivity index (χ2v) is 11.3. The molecule has 1 aliphatic rings. The highest BCUT2D eigenvalue weighted by Gasteiger charge is 2.30. The summed E-state index contributed by atoms with van der Waals surface area (Å²) in [4.78, 5) is 14.0. The van der Waals surface area contributed by atoms with E-state index in [1.807, 2.05) is 13.0 Å². The van der Waals surface area contributed by atoms with Crippen LogP contribution in [0.3, 0.4) is 0 Å². The topological polar surface area (TPSA) is 92.4 Å². The number of aryl methyl sites for hydroxylation is 1. The maximum absolute atomic E-state index is 14.8. The van der Waals surface area contributed by atoms with Crippen molar-refractivity contribution in [3.05, 3.63) is 71.2 Å². The fourth-order valence-corrected chi connectivity index (χ4v) is 5.58. The number of aromatic nitrogens is 1. The average molecular weight is 496 g/mol. The fourth-order valence-electron chi connectivity index (χ4n) is 4.03. The summed E-state index contributed by atoms with van der Waals surface area (Å²) >= 11 is 0. The number of nitriles is 1. The third kappa shape index (κ3) is 4.66. The molecule has 0 N–H and O–H groups in total. The Hall–Kier alpha value is -3.64. The number of carbonyl (C=O) groups excluding carboxylic acids is 1. The van der Waals surface area contributed by atoms with Crippen molar-refractivity contribution >= 4 is 32.6 Å². The van der Waals surface area contributed by atoms with E-state index in [1.165, 1.54) is 29.2 Å². The van der Waals surface area contributed by atoms with Gasteiger partial charge in [-0.25, -0.2) is 21.6 Å². The van der Waals surface area contributed by atoms with Crippen molar-refractivity contribution in [3.63, 3.8) is 0 Å². The number of amides is 1. The van der Waals surface area contributed by atoms with Crippen LogP contribution >= 0.6 is 0 Å². The summed E-state index contributed by atoms with van der Waals surface area (Å²) in [6.45, 7) is 7.72. The van der Waals surface area contributed by atoms with Crippen LogP contribution in [0.5, 0.6) is 0 Å². The first-order valence-electron chi connectivity index (χ1n) is 11.2. The summed E-state index contributed by atoms with van der Waals surface area (Å²) in [5, 5.41) is 9.73. The number of rotatable bonds is 3. The smallest absolute Gasteiger partial charge is 0.410 e. The maximum atomic E-state index is 14.8. The van der Waals surface area contributed by atoms with E-state index in [-0.39, 0.29) is 33.6 Å². The van der Waals surface area contributed by atoms with Gasteiger partial charge in [-0.1, -0.05) is 23.8 Å². The Morgan fingerprint density at radius 2 is 1.83 bits per heavy atom. The Morgan fingerprint density at radius 3 is 2.40 bits per heavy atom. The number of carbonyl (C=O) groups is 1. The van der Waals surface area contributed by atoms with Crippen molar-refractivity contribution in [3.8, 4) is 6.07 Å². The third-order valence-electron chi connectivity index (χ3n) is 5.74. The van der Waals surface area contributed by atoms with Crippen molar-refractivity contribution < 1.29 is 22.3 Å². The van der Waals surface area contributed by atoms with E-state index < -0.39 is 27.5 Å². The molecule has 0 unspecified atom stereocenters. The zero-order valence-corrected chi connectivity index (χ0v) is 20.8. The molecule has 1 amide bonds. The van der Waals surface area contributed by atoms with Crippen LogP contribution in [0.25, 0.3) is 16.5 Å². The van der Waals surface area contributed by atoms with E-state index in [4.69, 9.17) is 4.74 Å². The largest absolute Gasteiger partial charge is 0.444 e. The number of benzene rings is 2. The van der Waals surface area contributed by atoms with Crippen LogP contribution in [-0.2, 0) is 14.8 Å². The van der Waals surface area contributed by atoms with E-state index in [2.05, 4.69) is 0 Å². The Labute approximate surface area is 204 Å². The molecule has 1 aliphatic heterocycles. The molecule has 1 aromatic heterocycles. The number of fused-ring (bicyclic) bond motifs is 1. The van der Waals surface area contributed by atoms with Crippen molar-refractivity contribution in [2.45, 2.75) is 44.6 Å². The first-order valence-corrected chi connectivity index (χ1v) is 12.6. The molecule has 182 valence electrons. The van der Waals surface area contributed by atoms with Crippen molar-refractivity contribution in [2.75, 3.05) is 13.1 Å². The summed E-state index contributed by atoms with van der Waals surface area (Å²) in [6, 6.07) is 12.2. The number of ether oxygens (including phenoxy) is 1. The van der Waals surface area contributed by atoms with E-state index in [0.29, 0.717) is 18.5 Å². The standard InChI is InChI=1S/C26H26FN3O4S/c1-17-5-8-20(9-6-17)35(32,33)30-23(15-21-22(27)10-7-19(16-28)24(21)30)18-11-13-29(14-12-18)25(31)34-26(2,3)4/h5-11,15H,12-14H2,1-4H3. The molecule has 9 heteroatoms. The molecule has 35 heavy (non-hydrogen) atoms. The van der Waals surface area contributed by atoms with Gasteiger partial charge in [-0.05, 0) is 70.0 Å². The third-order valence-corrected chi connectivity index (χ3v) is 7.46. The first-order chi connectivity index (χ1) is 16.4. The van der Waals surface area contributed by atoms with Gasteiger partial charge in [0, 0.05) is 18.5 Å². The van der Waals surface area contributed by atoms with Crippen molar-refractivity contribution in [1.29, 1.82) is 5.26 Å². The number of hydrogen-bond donors (Lipinski definition) is 0. The average Bonchev–Trinajstić information content (AvgIpc) is 3.21. The van der Waals surface area contributed by atoms with E-state index in [1.54, 1.807) is 39.0 Å². The summed E-state index contributed by atoms with van der Waals surface area (Å²) in [5.74, 6) is -0.620. The Morgan fingerprint density at radius 1 is 1.14 bits per heavy atom. The summed E-state index contributed by atoms with van der Waals surface area (Å²) in [5.41, 5.74) is 1.21. The van der Waals surface area contributed by atoms with Gasteiger partial charge in [0.15, 0.2) is 0 Å². The van der Waals surface area contributed by atoms with Gasteiger partial charge >= 0.3 is 6.09 Å². The summed E-state index contributed by atoms with van der Waals surface area (Å²) in [7, 11) is -4.17. The molecule has 0 spiro atoms. The quantitative estimate of drug-likeness (QED) is 0.497. The SMILES string of the molecule is Cc1ccc(S(=O)(=O)n2c(C3=CCN(C(=O)OC(C)(C)C)CC3)cc3c(F)ccc(C#N)c32)cc1. The lowest BCUT2D eigenvalue weighted by molar-refractivity contribution is 0.0270. The Balaban J connectivity index is 1.87. The number of hydrogen-bond acceptors (Lipinski definition) is 5. The van der Waals surface area contributed by atoms with Crippen LogP contribution in [0.4, 0.5) is 9.18 Å². The molecule has 0 radical (unpaired) electrons. The molecule has 4 rings (SSSR count). The van der Waals surface area contributed by atoms with Crippen molar-refractivity contribution in [2.24, 2.45) is 0 Å². The van der Waals surface area contributed by atoms with Crippen LogP contribution in [-0.4, -0.2) is 42.1 Å². The molecule has 2 aromatic carbocycles. The van der Waals surface area contributed by atoms with Gasteiger partial charge in [-0.2, -0.15) is 5.26 Å². The van der Waals surface area contributed by atoms with Crippen molar-refractivity contribution in [1.82, 2.24) is 8.87 Å². The number of nitrogens with zero attached hydrogens (tertiary/aromatic N) is 3. The minimum absolute atomic E-state index is 0.00135. The van der Waals surface area contributed by atoms with E-state index in [0.717, 1.165) is 15.6 Å². The highest BCUT2D eigenvalue weighted by Crippen LogP contribution is 2.35. The molecule has 7 nitrogen and oxygen atoms in total. The van der Waals surface area contributed by atoms with Crippen LogP contribution < -0.4 is 0 Å². The molecule has 0 bridgehead atoms. The second-order valence-electron chi connectivity index (χ2n) is 9.49. The molecule has 0 saturated heterocycles. The monoisotopic (exact) mass is 495 g/mol. The highest BCUT2D eigenvalue weighted by atomic mass is 32.2. The minimum Gasteiger partial charge on any atom is -0.444 e. The number of halogens is 1. The van der Waals surface area contributed by atoms with Gasteiger partial charge in [0.1, 0.15) is 17.5 Å². The molecule has 0 atom stereocenters. The molecular weight excluding hydrogens is 469 g/mol. The van der Waals surface area contributed by atoms with Gasteiger partial charge in [-0.15, -0.1) is 0 Å². The lowest BCUT2D eigenvalue weighted by Crippen LogP contribution is -2.39. The first kappa shape index (κ1) is 24.5. The molecule has 0 aliphatic carbocycles. The van der Waals surface area contributed by atoms with Gasteiger partial charge in [0.05, 0.1) is 21.7 Å². The molecular formula is C26H26FN3O4S. The van der Waals surface area contributed by atoms with E-state index >= 15 is 0 Å². The van der Waals surface area contributed by atoms with Gasteiger partial charge in [0.2, 0.25) is 0 Å². The highest BCUT2D eigenvalue weighted by molar-refractivity contribution is 7.90. The molecule has 0 saturated carbocycles. The van der Waals surface area contributed by atoms with Crippen LogP contribution in [0.2, 0.25) is 0 Å². The van der Waals surface area contributed by atoms with Crippen LogP contribution in [0, 0.1) is 24.1 Å². The Bertz CT molecular complexity index is 1490. The zero-order valence-electron chi connectivity index (χ0n) is 20.0.